The van der Waals surface area contributed by atoms with E-state index >= 15 is 0 Å². The van der Waals surface area contributed by atoms with Crippen molar-refractivity contribution in [2.75, 3.05) is 0 Å². The molecule has 0 unspecified atom stereocenters. The molecule has 0 aliphatic carbocycles. The molecule has 1 aromatic heterocycles. The first-order valence-electron chi connectivity index (χ1n) is 6.94. The van der Waals surface area contributed by atoms with Gasteiger partial charge in [0, 0.05) is 23.0 Å². The standard InChI is InChI=1S/C17H11ClF2N2O2/c18-10-4-5-14(22-7-6-21-15(22)9-23)11(8-10)17(24)16-12(19)2-1-3-13(16)20/h1-8,23H,9H2. The largest absolute Gasteiger partial charge is 0.388 e. The fourth-order valence-electron chi connectivity index (χ4n) is 2.42. The molecule has 3 rings (SSSR count). The predicted octanol–water partition coefficient (Wildman–Crippen LogP) is 3.53. The van der Waals surface area contributed by atoms with Crippen LogP contribution in [0.15, 0.2) is 48.8 Å². The van der Waals surface area contributed by atoms with Gasteiger partial charge in [0.2, 0.25) is 5.78 Å². The Balaban J connectivity index is 2.21. The van der Waals surface area contributed by atoms with Gasteiger partial charge >= 0.3 is 0 Å². The molecule has 2 aromatic carbocycles. The molecule has 0 saturated carbocycles. The zero-order valence-electron chi connectivity index (χ0n) is 12.2. The molecule has 0 spiro atoms. The summed E-state index contributed by atoms with van der Waals surface area (Å²) >= 11 is 5.95. The van der Waals surface area contributed by atoms with Crippen LogP contribution < -0.4 is 0 Å². The summed E-state index contributed by atoms with van der Waals surface area (Å²) < 4.78 is 29.4. The first kappa shape index (κ1) is 16.3. The second-order valence-electron chi connectivity index (χ2n) is 4.96. The van der Waals surface area contributed by atoms with Crippen LogP contribution in [0.4, 0.5) is 8.78 Å². The van der Waals surface area contributed by atoms with Crippen molar-refractivity contribution in [3.63, 3.8) is 0 Å². The summed E-state index contributed by atoms with van der Waals surface area (Å²) in [5, 5.41) is 9.58. The Morgan fingerprint density at radius 1 is 1.21 bits per heavy atom. The van der Waals surface area contributed by atoms with E-state index in [-0.39, 0.29) is 23.0 Å². The Morgan fingerprint density at radius 3 is 2.58 bits per heavy atom. The van der Waals surface area contributed by atoms with Gasteiger partial charge in [-0.05, 0) is 30.3 Å². The molecule has 0 aliphatic rings. The van der Waals surface area contributed by atoms with Crippen LogP contribution >= 0.6 is 11.6 Å². The van der Waals surface area contributed by atoms with Crippen molar-refractivity contribution in [1.29, 1.82) is 0 Å². The van der Waals surface area contributed by atoms with Crippen molar-refractivity contribution < 1.29 is 18.7 Å². The van der Waals surface area contributed by atoms with Crippen molar-refractivity contribution in [3.8, 4) is 5.69 Å². The number of aliphatic hydroxyl groups is 1. The molecule has 1 N–H and O–H groups in total. The Hall–Kier alpha value is -2.57. The van der Waals surface area contributed by atoms with Gasteiger partial charge in [-0.1, -0.05) is 17.7 Å². The number of hydrogen-bond donors (Lipinski definition) is 1. The van der Waals surface area contributed by atoms with E-state index < -0.39 is 23.0 Å². The number of nitrogens with zero attached hydrogens (tertiary/aromatic N) is 2. The molecule has 7 heteroatoms. The Kier molecular flexibility index (Phi) is 4.42. The van der Waals surface area contributed by atoms with E-state index in [1.54, 1.807) is 0 Å². The van der Waals surface area contributed by atoms with E-state index in [1.807, 2.05) is 0 Å². The normalized spacial score (nSPS) is 10.8. The Labute approximate surface area is 141 Å². The van der Waals surface area contributed by atoms with Crippen molar-refractivity contribution in [2.45, 2.75) is 6.61 Å². The van der Waals surface area contributed by atoms with Gasteiger partial charge in [0.05, 0.1) is 11.3 Å². The van der Waals surface area contributed by atoms with Crippen LogP contribution in [-0.4, -0.2) is 20.4 Å². The van der Waals surface area contributed by atoms with Crippen LogP contribution in [0.1, 0.15) is 21.7 Å². The van der Waals surface area contributed by atoms with Gasteiger partial charge in [-0.3, -0.25) is 4.79 Å². The summed E-state index contributed by atoms with van der Waals surface area (Å²) in [4.78, 5) is 16.7. The van der Waals surface area contributed by atoms with Crippen LogP contribution in [0.5, 0.6) is 0 Å². The quantitative estimate of drug-likeness (QED) is 0.734. The predicted molar refractivity (Wildman–Crippen MR) is 84.3 cm³/mol. The summed E-state index contributed by atoms with van der Waals surface area (Å²) in [5.41, 5.74) is -0.348. The molecule has 1 heterocycles. The van der Waals surface area contributed by atoms with Gasteiger partial charge in [0.15, 0.2) is 0 Å². The third kappa shape index (κ3) is 2.81. The lowest BCUT2D eigenvalue weighted by Gasteiger charge is -2.13. The highest BCUT2D eigenvalue weighted by atomic mass is 35.5. The minimum atomic E-state index is -0.959. The molecule has 0 saturated heterocycles. The number of halogens is 3. The number of ketones is 1. The van der Waals surface area contributed by atoms with Crippen molar-refractivity contribution in [2.24, 2.45) is 0 Å². The maximum atomic E-state index is 14.0. The maximum absolute atomic E-state index is 14.0. The third-order valence-corrected chi connectivity index (χ3v) is 3.75. The molecule has 0 atom stereocenters. The highest BCUT2D eigenvalue weighted by Gasteiger charge is 2.23. The summed E-state index contributed by atoms with van der Waals surface area (Å²) in [6.07, 6.45) is 2.97. The fourth-order valence-corrected chi connectivity index (χ4v) is 2.59. The molecule has 122 valence electrons. The minimum absolute atomic E-state index is 0.000741. The molecular weight excluding hydrogens is 338 g/mol. The van der Waals surface area contributed by atoms with Gasteiger partial charge in [-0.25, -0.2) is 13.8 Å². The summed E-state index contributed by atoms with van der Waals surface area (Å²) in [5.74, 6) is -2.49. The van der Waals surface area contributed by atoms with Gasteiger partial charge < -0.3 is 9.67 Å². The molecule has 0 aliphatic heterocycles. The zero-order chi connectivity index (χ0) is 17.3. The number of aromatic nitrogens is 2. The summed E-state index contributed by atoms with van der Waals surface area (Å²) in [6, 6.07) is 7.59. The average Bonchev–Trinajstić information content (AvgIpc) is 3.03. The molecule has 0 amide bonds. The molecule has 4 nitrogen and oxygen atoms in total. The van der Waals surface area contributed by atoms with E-state index in [9.17, 15) is 18.7 Å². The fraction of sp³-hybridized carbons (Fsp3) is 0.0588. The van der Waals surface area contributed by atoms with E-state index in [2.05, 4.69) is 4.98 Å². The second kappa shape index (κ2) is 6.51. The molecule has 0 bridgehead atoms. The van der Waals surface area contributed by atoms with E-state index in [0.717, 1.165) is 12.1 Å². The van der Waals surface area contributed by atoms with Gasteiger partial charge in [-0.2, -0.15) is 0 Å². The lowest BCUT2D eigenvalue weighted by Crippen LogP contribution is -2.12. The van der Waals surface area contributed by atoms with E-state index in [1.165, 1.54) is 41.2 Å². The zero-order valence-corrected chi connectivity index (χ0v) is 13.0. The number of carbonyl (C=O) groups is 1. The first-order chi connectivity index (χ1) is 11.5. The Morgan fingerprint density at radius 2 is 1.92 bits per heavy atom. The monoisotopic (exact) mass is 348 g/mol. The van der Waals surface area contributed by atoms with Crippen LogP contribution in [0.25, 0.3) is 5.69 Å². The number of rotatable bonds is 4. The molecular formula is C17H11ClF2N2O2. The third-order valence-electron chi connectivity index (χ3n) is 3.51. The van der Waals surface area contributed by atoms with Crippen molar-refractivity contribution in [1.82, 2.24) is 9.55 Å². The second-order valence-corrected chi connectivity index (χ2v) is 5.40. The Bertz CT molecular complexity index is 904. The number of hydrogen-bond acceptors (Lipinski definition) is 3. The molecule has 0 fully saturated rings. The van der Waals surface area contributed by atoms with Crippen molar-refractivity contribution >= 4 is 17.4 Å². The van der Waals surface area contributed by atoms with Crippen LogP contribution in [0.2, 0.25) is 5.02 Å². The highest BCUT2D eigenvalue weighted by Crippen LogP contribution is 2.26. The summed E-state index contributed by atoms with van der Waals surface area (Å²) in [6.45, 7) is -0.364. The van der Waals surface area contributed by atoms with Crippen molar-refractivity contribution in [3.05, 3.63) is 82.4 Å². The smallest absolute Gasteiger partial charge is 0.201 e. The maximum Gasteiger partial charge on any atom is 0.201 e. The van der Waals surface area contributed by atoms with Gasteiger partial charge in [0.1, 0.15) is 24.1 Å². The number of carbonyl (C=O) groups excluding carboxylic acids is 1. The minimum Gasteiger partial charge on any atom is -0.388 e. The number of aliphatic hydroxyl groups excluding tert-OH is 1. The van der Waals surface area contributed by atoms with E-state index in [4.69, 9.17) is 11.6 Å². The lowest BCUT2D eigenvalue weighted by atomic mass is 10.0. The molecule has 3 aromatic rings. The number of imidazole rings is 1. The van der Waals surface area contributed by atoms with E-state index in [0.29, 0.717) is 5.69 Å². The van der Waals surface area contributed by atoms with Crippen LogP contribution in [-0.2, 0) is 6.61 Å². The van der Waals surface area contributed by atoms with Gasteiger partial charge in [0.25, 0.3) is 0 Å². The molecule has 24 heavy (non-hydrogen) atoms. The first-order valence-corrected chi connectivity index (χ1v) is 7.32. The SMILES string of the molecule is O=C(c1cc(Cl)ccc1-n1ccnc1CO)c1c(F)cccc1F. The number of benzene rings is 2. The van der Waals surface area contributed by atoms with Gasteiger partial charge in [-0.15, -0.1) is 0 Å². The summed E-state index contributed by atoms with van der Waals surface area (Å²) in [7, 11) is 0. The topological polar surface area (TPSA) is 55.1 Å². The van der Waals surface area contributed by atoms with Crippen LogP contribution in [0, 0.1) is 11.6 Å². The van der Waals surface area contributed by atoms with Crippen LogP contribution in [0.3, 0.4) is 0 Å². The highest BCUT2D eigenvalue weighted by molar-refractivity contribution is 6.31. The molecule has 0 radical (unpaired) electrons. The average molecular weight is 349 g/mol. The lowest BCUT2D eigenvalue weighted by molar-refractivity contribution is 0.103.